The fourth-order valence-electron chi connectivity index (χ4n) is 1.93. The predicted molar refractivity (Wildman–Crippen MR) is 67.1 cm³/mol. The molecule has 1 unspecified atom stereocenters. The van der Waals surface area contributed by atoms with Crippen LogP contribution in [0.3, 0.4) is 0 Å². The van der Waals surface area contributed by atoms with Crippen LogP contribution in [0.1, 0.15) is 17.3 Å². The third-order valence-electron chi connectivity index (χ3n) is 2.83. The summed E-state index contributed by atoms with van der Waals surface area (Å²) in [6, 6.07) is 6.69. The Morgan fingerprint density at radius 1 is 1.39 bits per heavy atom. The Morgan fingerprint density at radius 2 is 2.17 bits per heavy atom. The van der Waals surface area contributed by atoms with Crippen molar-refractivity contribution < 1.29 is 9.13 Å². The number of aryl methyl sites for hydroxylation is 1. The first kappa shape index (κ1) is 12.6. The van der Waals surface area contributed by atoms with E-state index < -0.39 is 0 Å². The maximum Gasteiger partial charge on any atom is 0.165 e. The van der Waals surface area contributed by atoms with Crippen LogP contribution in [0.4, 0.5) is 4.39 Å². The molecule has 0 amide bonds. The Bertz CT molecular complexity index is 539. The van der Waals surface area contributed by atoms with E-state index in [9.17, 15) is 4.39 Å². The van der Waals surface area contributed by atoms with Crippen molar-refractivity contribution in [2.75, 3.05) is 14.2 Å². The van der Waals surface area contributed by atoms with Crippen LogP contribution in [-0.4, -0.2) is 23.9 Å². The molecule has 0 saturated heterocycles. The SMILES string of the molecule is CNC(c1ccc(OC)c(F)c1)c1ccn(C)n1. The summed E-state index contributed by atoms with van der Waals surface area (Å²) in [5.41, 5.74) is 1.67. The molecule has 2 aromatic rings. The van der Waals surface area contributed by atoms with Gasteiger partial charge < -0.3 is 10.1 Å². The van der Waals surface area contributed by atoms with Gasteiger partial charge in [0, 0.05) is 13.2 Å². The standard InChI is InChI=1S/C13H16FN3O/c1-15-13(11-6-7-17(2)16-11)9-4-5-12(18-3)10(14)8-9/h4-8,13,15H,1-3H3. The van der Waals surface area contributed by atoms with Gasteiger partial charge in [0.05, 0.1) is 18.8 Å². The van der Waals surface area contributed by atoms with Gasteiger partial charge in [0.25, 0.3) is 0 Å². The zero-order valence-corrected chi connectivity index (χ0v) is 10.6. The van der Waals surface area contributed by atoms with Crippen LogP contribution < -0.4 is 10.1 Å². The maximum absolute atomic E-state index is 13.7. The third-order valence-corrected chi connectivity index (χ3v) is 2.83. The molecule has 1 aromatic carbocycles. The molecule has 1 heterocycles. The molecular formula is C13H16FN3O. The van der Waals surface area contributed by atoms with E-state index in [0.29, 0.717) is 0 Å². The second-order valence-electron chi connectivity index (χ2n) is 4.03. The Labute approximate surface area is 105 Å². The Kier molecular flexibility index (Phi) is 3.62. The third kappa shape index (κ3) is 2.36. The molecule has 4 nitrogen and oxygen atoms in total. The summed E-state index contributed by atoms with van der Waals surface area (Å²) < 4.78 is 20.3. The van der Waals surface area contributed by atoms with E-state index in [1.807, 2.05) is 32.4 Å². The van der Waals surface area contributed by atoms with Crippen LogP contribution in [0.15, 0.2) is 30.5 Å². The first-order valence-corrected chi connectivity index (χ1v) is 5.66. The quantitative estimate of drug-likeness (QED) is 0.899. The molecule has 0 radical (unpaired) electrons. The number of ether oxygens (including phenoxy) is 1. The van der Waals surface area contributed by atoms with Crippen LogP contribution >= 0.6 is 0 Å². The predicted octanol–water partition coefficient (Wildman–Crippen LogP) is 1.88. The minimum absolute atomic E-state index is 0.133. The summed E-state index contributed by atoms with van der Waals surface area (Å²) in [5.74, 6) is -0.124. The van der Waals surface area contributed by atoms with Crippen LogP contribution in [0.5, 0.6) is 5.75 Å². The Morgan fingerprint density at radius 3 is 2.67 bits per heavy atom. The van der Waals surface area contributed by atoms with E-state index in [-0.39, 0.29) is 17.6 Å². The smallest absolute Gasteiger partial charge is 0.165 e. The number of hydrogen-bond acceptors (Lipinski definition) is 3. The highest BCUT2D eigenvalue weighted by molar-refractivity contribution is 5.34. The summed E-state index contributed by atoms with van der Waals surface area (Å²) in [7, 11) is 5.12. The number of aromatic nitrogens is 2. The molecular weight excluding hydrogens is 233 g/mol. The minimum atomic E-state index is -0.369. The summed E-state index contributed by atoms with van der Waals surface area (Å²) in [5, 5.41) is 7.46. The average Bonchev–Trinajstić information content (AvgIpc) is 2.77. The summed E-state index contributed by atoms with van der Waals surface area (Å²) in [6.45, 7) is 0. The lowest BCUT2D eigenvalue weighted by atomic mass is 10.0. The molecule has 1 atom stereocenters. The lowest BCUT2D eigenvalue weighted by Gasteiger charge is -2.15. The molecule has 0 bridgehead atoms. The molecule has 2 rings (SSSR count). The lowest BCUT2D eigenvalue weighted by Crippen LogP contribution is -2.18. The monoisotopic (exact) mass is 249 g/mol. The largest absolute Gasteiger partial charge is 0.494 e. The second-order valence-corrected chi connectivity index (χ2v) is 4.03. The zero-order valence-electron chi connectivity index (χ0n) is 10.6. The van der Waals surface area contributed by atoms with Crippen LogP contribution in [0.2, 0.25) is 0 Å². The number of nitrogens with one attached hydrogen (secondary N) is 1. The van der Waals surface area contributed by atoms with Crippen molar-refractivity contribution in [1.82, 2.24) is 15.1 Å². The molecule has 1 N–H and O–H groups in total. The van der Waals surface area contributed by atoms with Crippen molar-refractivity contribution in [2.24, 2.45) is 7.05 Å². The molecule has 96 valence electrons. The van der Waals surface area contributed by atoms with Crippen molar-refractivity contribution >= 4 is 0 Å². The van der Waals surface area contributed by atoms with Gasteiger partial charge in [-0.25, -0.2) is 4.39 Å². The first-order chi connectivity index (χ1) is 8.65. The first-order valence-electron chi connectivity index (χ1n) is 5.66. The van der Waals surface area contributed by atoms with Gasteiger partial charge >= 0.3 is 0 Å². The van der Waals surface area contributed by atoms with Crippen molar-refractivity contribution in [2.45, 2.75) is 6.04 Å². The number of benzene rings is 1. The number of rotatable bonds is 4. The minimum Gasteiger partial charge on any atom is -0.494 e. The molecule has 0 aliphatic carbocycles. The summed E-state index contributed by atoms with van der Waals surface area (Å²) in [4.78, 5) is 0. The van der Waals surface area contributed by atoms with E-state index in [1.54, 1.807) is 10.7 Å². The van der Waals surface area contributed by atoms with Gasteiger partial charge in [0.15, 0.2) is 11.6 Å². The lowest BCUT2D eigenvalue weighted by molar-refractivity contribution is 0.386. The number of nitrogens with zero attached hydrogens (tertiary/aromatic N) is 2. The van der Waals surface area contributed by atoms with E-state index >= 15 is 0 Å². The van der Waals surface area contributed by atoms with Crippen LogP contribution in [0.25, 0.3) is 0 Å². The van der Waals surface area contributed by atoms with E-state index in [2.05, 4.69) is 10.4 Å². The highest BCUT2D eigenvalue weighted by atomic mass is 19.1. The topological polar surface area (TPSA) is 39.1 Å². The fourth-order valence-corrected chi connectivity index (χ4v) is 1.93. The molecule has 18 heavy (non-hydrogen) atoms. The van der Waals surface area contributed by atoms with Crippen molar-refractivity contribution in [3.63, 3.8) is 0 Å². The number of methoxy groups -OCH3 is 1. The summed E-state index contributed by atoms with van der Waals surface area (Å²) in [6.07, 6.45) is 1.86. The van der Waals surface area contributed by atoms with Crippen LogP contribution in [0, 0.1) is 5.82 Å². The molecule has 0 aliphatic rings. The molecule has 0 saturated carbocycles. The van der Waals surface area contributed by atoms with E-state index in [0.717, 1.165) is 11.3 Å². The van der Waals surface area contributed by atoms with Crippen LogP contribution in [-0.2, 0) is 7.05 Å². The fraction of sp³-hybridized carbons (Fsp3) is 0.308. The van der Waals surface area contributed by atoms with Crippen molar-refractivity contribution in [1.29, 1.82) is 0 Å². The number of hydrogen-bond donors (Lipinski definition) is 1. The van der Waals surface area contributed by atoms with Gasteiger partial charge in [-0.3, -0.25) is 4.68 Å². The van der Waals surface area contributed by atoms with Crippen molar-refractivity contribution in [3.05, 3.63) is 47.5 Å². The maximum atomic E-state index is 13.7. The molecule has 0 spiro atoms. The average molecular weight is 249 g/mol. The van der Waals surface area contributed by atoms with Gasteiger partial charge in [-0.05, 0) is 30.8 Å². The van der Waals surface area contributed by atoms with Gasteiger partial charge in [-0.15, -0.1) is 0 Å². The Balaban J connectivity index is 2.36. The molecule has 1 aromatic heterocycles. The van der Waals surface area contributed by atoms with Gasteiger partial charge in [-0.2, -0.15) is 5.10 Å². The zero-order chi connectivity index (χ0) is 13.1. The van der Waals surface area contributed by atoms with Gasteiger partial charge in [0.1, 0.15) is 0 Å². The van der Waals surface area contributed by atoms with E-state index in [4.69, 9.17) is 4.74 Å². The highest BCUT2D eigenvalue weighted by Gasteiger charge is 2.16. The molecule has 5 heteroatoms. The summed E-state index contributed by atoms with van der Waals surface area (Å²) >= 11 is 0. The normalized spacial score (nSPS) is 12.4. The van der Waals surface area contributed by atoms with Crippen molar-refractivity contribution in [3.8, 4) is 5.75 Å². The number of halogens is 1. The molecule has 0 aliphatic heterocycles. The second kappa shape index (κ2) is 5.18. The van der Waals surface area contributed by atoms with E-state index in [1.165, 1.54) is 13.2 Å². The highest BCUT2D eigenvalue weighted by Crippen LogP contribution is 2.25. The van der Waals surface area contributed by atoms with Gasteiger partial charge in [-0.1, -0.05) is 6.07 Å². The Hall–Kier alpha value is -1.88. The van der Waals surface area contributed by atoms with Gasteiger partial charge in [0.2, 0.25) is 0 Å². The molecule has 0 fully saturated rings.